The van der Waals surface area contributed by atoms with E-state index in [1.54, 1.807) is 0 Å². The number of hydrogen-bond acceptors (Lipinski definition) is 5. The van der Waals surface area contributed by atoms with E-state index < -0.39 is 0 Å². The number of benzene rings is 1. The van der Waals surface area contributed by atoms with Crippen molar-refractivity contribution < 1.29 is 19.4 Å². The number of aromatic nitrogens is 2. The Morgan fingerprint density at radius 1 is 1.41 bits per heavy atom. The first-order valence-corrected chi connectivity index (χ1v) is 10.2. The van der Waals surface area contributed by atoms with Gasteiger partial charge in [0, 0.05) is 24.4 Å². The molecule has 3 aliphatic rings. The number of nitrogens with one attached hydrogen (secondary N) is 1. The van der Waals surface area contributed by atoms with Crippen molar-refractivity contribution in [1.82, 2.24) is 15.1 Å². The third-order valence-electron chi connectivity index (χ3n) is 6.57. The summed E-state index contributed by atoms with van der Waals surface area (Å²) in [6.07, 6.45) is 6.14. The van der Waals surface area contributed by atoms with Crippen molar-refractivity contribution in [3.05, 3.63) is 35.5 Å². The first-order valence-electron chi connectivity index (χ1n) is 10.2. The highest BCUT2D eigenvalue weighted by Gasteiger charge is 2.43. The van der Waals surface area contributed by atoms with Gasteiger partial charge in [-0.1, -0.05) is 12.1 Å². The Balaban J connectivity index is 0.000000645. The number of ether oxygens (including phenoxy) is 1. The Bertz CT molecular complexity index is 933. The number of H-pyrrole nitrogens is 1. The third kappa shape index (κ3) is 3.97. The second kappa shape index (κ2) is 8.47. The highest BCUT2D eigenvalue weighted by atomic mass is 16.5. The molecule has 154 valence electrons. The molecule has 0 spiro atoms. The van der Waals surface area contributed by atoms with Gasteiger partial charge in [0.05, 0.1) is 18.7 Å². The zero-order valence-electron chi connectivity index (χ0n) is 16.6. The standard InChI is InChI=1S/C21H25N3O2.CH2O2/c1-24-12-16-9-17(24)8-15(16)11-20(25)21-18-3-2-14(10-19(18)22-23-21)13-4-6-26-7-5-13;2-1-3/h2-4,10,15-17H,5-9,11-12H2,1H3,(H,22,23);1H,(H,2,3). The minimum Gasteiger partial charge on any atom is -0.483 e. The molecule has 2 bridgehead atoms. The van der Waals surface area contributed by atoms with Crippen molar-refractivity contribution in [1.29, 1.82) is 0 Å². The van der Waals surface area contributed by atoms with Gasteiger partial charge < -0.3 is 14.7 Å². The SMILES string of the molecule is CN1CC2CC1CC2CC(=O)c1n[nH]c2cc(C3=CCOCC3)ccc12.O=CO. The molecule has 0 amide bonds. The Labute approximate surface area is 169 Å². The van der Waals surface area contributed by atoms with Gasteiger partial charge in [-0.3, -0.25) is 14.7 Å². The minimum atomic E-state index is -0.250. The summed E-state index contributed by atoms with van der Waals surface area (Å²) < 4.78 is 5.39. The summed E-state index contributed by atoms with van der Waals surface area (Å²) in [5, 5.41) is 15.3. The molecule has 3 unspecified atom stereocenters. The number of nitrogens with zero attached hydrogens (tertiary/aromatic N) is 2. The van der Waals surface area contributed by atoms with Crippen molar-refractivity contribution in [2.75, 3.05) is 26.8 Å². The van der Waals surface area contributed by atoms with Crippen LogP contribution in [0.3, 0.4) is 0 Å². The van der Waals surface area contributed by atoms with E-state index in [1.165, 1.54) is 17.6 Å². The third-order valence-corrected chi connectivity index (χ3v) is 6.57. The molecule has 1 aromatic carbocycles. The Hall–Kier alpha value is -2.51. The van der Waals surface area contributed by atoms with Crippen LogP contribution in [0.2, 0.25) is 0 Å². The van der Waals surface area contributed by atoms with Gasteiger partial charge in [0.1, 0.15) is 5.69 Å². The van der Waals surface area contributed by atoms with Gasteiger partial charge in [-0.25, -0.2) is 0 Å². The molecule has 2 aromatic rings. The first kappa shape index (κ1) is 19.8. The molecule has 29 heavy (non-hydrogen) atoms. The van der Waals surface area contributed by atoms with Gasteiger partial charge in [0.15, 0.2) is 5.78 Å². The van der Waals surface area contributed by atoms with E-state index in [2.05, 4.69) is 40.4 Å². The lowest BCUT2D eigenvalue weighted by Crippen LogP contribution is -2.32. The molecule has 3 heterocycles. The molecule has 7 nitrogen and oxygen atoms in total. The average Bonchev–Trinajstić information content (AvgIpc) is 3.42. The largest absolute Gasteiger partial charge is 0.483 e. The molecule has 1 aliphatic carbocycles. The topological polar surface area (TPSA) is 95.5 Å². The van der Waals surface area contributed by atoms with E-state index in [9.17, 15) is 4.79 Å². The maximum Gasteiger partial charge on any atom is 0.290 e. The number of hydrogen-bond donors (Lipinski definition) is 2. The molecule has 2 N–H and O–H groups in total. The number of carboxylic acid groups (broad SMARTS) is 1. The summed E-state index contributed by atoms with van der Waals surface area (Å²) in [4.78, 5) is 23.7. The number of fused-ring (bicyclic) bond motifs is 3. The van der Waals surface area contributed by atoms with Crippen LogP contribution < -0.4 is 0 Å². The lowest BCUT2D eigenvalue weighted by molar-refractivity contribution is -0.122. The molecule has 5 rings (SSSR count). The van der Waals surface area contributed by atoms with E-state index in [0.29, 0.717) is 36.6 Å². The highest BCUT2D eigenvalue weighted by molar-refractivity contribution is 6.06. The normalized spacial score (nSPS) is 26.1. The van der Waals surface area contributed by atoms with Crippen LogP contribution in [0.5, 0.6) is 0 Å². The van der Waals surface area contributed by atoms with Crippen LogP contribution in [0.4, 0.5) is 0 Å². The van der Waals surface area contributed by atoms with Gasteiger partial charge in [0.2, 0.25) is 0 Å². The molecule has 7 heteroatoms. The fraction of sp³-hybridized carbons (Fsp3) is 0.500. The van der Waals surface area contributed by atoms with Crippen molar-refractivity contribution in [3.63, 3.8) is 0 Å². The predicted molar refractivity (Wildman–Crippen MR) is 110 cm³/mol. The average molecular weight is 397 g/mol. The monoisotopic (exact) mass is 397 g/mol. The molecular weight excluding hydrogens is 370 g/mol. The summed E-state index contributed by atoms with van der Waals surface area (Å²) >= 11 is 0. The van der Waals surface area contributed by atoms with Crippen molar-refractivity contribution >= 4 is 28.7 Å². The van der Waals surface area contributed by atoms with E-state index >= 15 is 0 Å². The van der Waals surface area contributed by atoms with Crippen LogP contribution in [0, 0.1) is 11.8 Å². The fourth-order valence-corrected chi connectivity index (χ4v) is 5.09. The minimum absolute atomic E-state index is 0.189. The second-order valence-corrected chi connectivity index (χ2v) is 8.20. The summed E-state index contributed by atoms with van der Waals surface area (Å²) in [6, 6.07) is 6.96. The summed E-state index contributed by atoms with van der Waals surface area (Å²) in [7, 11) is 2.20. The van der Waals surface area contributed by atoms with Crippen LogP contribution >= 0.6 is 0 Å². The van der Waals surface area contributed by atoms with Gasteiger partial charge in [0.25, 0.3) is 6.47 Å². The Morgan fingerprint density at radius 3 is 2.90 bits per heavy atom. The number of piperidine rings is 1. The lowest BCUT2D eigenvalue weighted by Gasteiger charge is -2.27. The number of carbonyl (C=O) groups excluding carboxylic acids is 1. The maximum absolute atomic E-state index is 12.9. The molecule has 2 aliphatic heterocycles. The van der Waals surface area contributed by atoms with Crippen molar-refractivity contribution in [2.24, 2.45) is 11.8 Å². The van der Waals surface area contributed by atoms with Gasteiger partial charge in [-0.2, -0.15) is 5.10 Å². The van der Waals surface area contributed by atoms with Crippen LogP contribution in [0.25, 0.3) is 16.5 Å². The van der Waals surface area contributed by atoms with Crippen LogP contribution in [-0.2, 0) is 9.53 Å². The van der Waals surface area contributed by atoms with E-state index in [-0.39, 0.29) is 12.3 Å². The highest BCUT2D eigenvalue weighted by Crippen LogP contribution is 2.43. The van der Waals surface area contributed by atoms with E-state index in [0.717, 1.165) is 36.9 Å². The van der Waals surface area contributed by atoms with E-state index in [1.807, 2.05) is 6.07 Å². The maximum atomic E-state index is 12.9. The second-order valence-electron chi connectivity index (χ2n) is 8.20. The van der Waals surface area contributed by atoms with E-state index in [4.69, 9.17) is 14.6 Å². The fourth-order valence-electron chi connectivity index (χ4n) is 5.09. The molecule has 3 atom stereocenters. The molecule has 1 saturated carbocycles. The predicted octanol–water partition coefficient (Wildman–Crippen LogP) is 2.98. The molecular formula is C22H27N3O4. The zero-order chi connectivity index (χ0) is 20.4. The van der Waals surface area contributed by atoms with Crippen molar-refractivity contribution in [3.8, 4) is 0 Å². The number of carbonyl (C=O) groups is 2. The smallest absolute Gasteiger partial charge is 0.290 e. The van der Waals surface area contributed by atoms with Crippen molar-refractivity contribution in [2.45, 2.75) is 31.7 Å². The van der Waals surface area contributed by atoms with Crippen LogP contribution in [-0.4, -0.2) is 65.3 Å². The van der Waals surface area contributed by atoms with Gasteiger partial charge in [-0.15, -0.1) is 0 Å². The summed E-state index contributed by atoms with van der Waals surface area (Å²) in [6.45, 7) is 2.35. The van der Waals surface area contributed by atoms with Crippen LogP contribution in [0.1, 0.15) is 41.7 Å². The van der Waals surface area contributed by atoms with Crippen LogP contribution in [0.15, 0.2) is 24.3 Å². The zero-order valence-corrected chi connectivity index (χ0v) is 16.6. The number of aromatic amines is 1. The molecule has 1 saturated heterocycles. The first-order chi connectivity index (χ1) is 14.1. The Kier molecular flexibility index (Phi) is 5.78. The molecule has 1 aromatic heterocycles. The number of Topliss-reactive ketones (excluding diaryl/α,β-unsaturated/α-hetero) is 1. The summed E-state index contributed by atoms with van der Waals surface area (Å²) in [5.41, 5.74) is 4.07. The van der Waals surface area contributed by atoms with Gasteiger partial charge in [-0.05, 0) is 61.4 Å². The Morgan fingerprint density at radius 2 is 2.24 bits per heavy atom. The number of likely N-dealkylation sites (tertiary alicyclic amines) is 1. The summed E-state index contributed by atoms with van der Waals surface area (Å²) in [5.74, 6) is 1.41. The van der Waals surface area contributed by atoms with Gasteiger partial charge >= 0.3 is 0 Å². The quantitative estimate of drug-likeness (QED) is 0.608. The number of rotatable bonds is 4. The lowest BCUT2D eigenvalue weighted by atomic mass is 9.88. The number of ketones is 1. The molecule has 2 fully saturated rings. The molecule has 0 radical (unpaired) electrons.